The zero-order valence-electron chi connectivity index (χ0n) is 19.8. The number of carbonyl (C=O) groups excluding carboxylic acids is 2. The van der Waals surface area contributed by atoms with Gasteiger partial charge in [0.1, 0.15) is 0 Å². The lowest BCUT2D eigenvalue weighted by atomic mass is 9.86. The van der Waals surface area contributed by atoms with Gasteiger partial charge in [0.15, 0.2) is 0 Å². The summed E-state index contributed by atoms with van der Waals surface area (Å²) < 4.78 is 0. The molecule has 166 valence electrons. The molecule has 0 aliphatic carbocycles. The minimum atomic E-state index is -0.0389. The van der Waals surface area contributed by atoms with Gasteiger partial charge in [-0.15, -0.1) is 0 Å². The molecule has 1 heterocycles. The molecule has 2 aromatic carbocycles. The highest BCUT2D eigenvalue weighted by molar-refractivity contribution is 5.95. The van der Waals surface area contributed by atoms with E-state index in [1.54, 1.807) is 0 Å². The molecule has 0 unspecified atom stereocenters. The third kappa shape index (κ3) is 5.75. The summed E-state index contributed by atoms with van der Waals surface area (Å²) in [6.07, 6.45) is 1.55. The zero-order chi connectivity index (χ0) is 22.8. The van der Waals surface area contributed by atoms with Gasteiger partial charge in [0.05, 0.1) is 0 Å². The highest BCUT2D eigenvalue weighted by Crippen LogP contribution is 2.24. The number of benzene rings is 2. The fourth-order valence-electron chi connectivity index (χ4n) is 3.91. The molecular weight excluding hydrogens is 384 g/mol. The van der Waals surface area contributed by atoms with E-state index in [1.165, 1.54) is 11.1 Å². The quantitative estimate of drug-likeness (QED) is 0.731. The first-order chi connectivity index (χ1) is 14.4. The van der Waals surface area contributed by atoms with Crippen LogP contribution in [0, 0.1) is 0 Å². The minimum Gasteiger partial charge on any atom is -0.349 e. The lowest BCUT2D eigenvalue weighted by molar-refractivity contribution is 0.0698. The third-order valence-electron chi connectivity index (χ3n) is 6.13. The molecule has 31 heavy (non-hydrogen) atoms. The van der Waals surface area contributed by atoms with Crippen molar-refractivity contribution in [3.8, 4) is 0 Å². The van der Waals surface area contributed by atoms with E-state index < -0.39 is 0 Å². The molecule has 4 nitrogen and oxygen atoms in total. The molecule has 1 aliphatic heterocycles. The van der Waals surface area contributed by atoms with Crippen molar-refractivity contribution in [1.29, 1.82) is 0 Å². The van der Waals surface area contributed by atoms with Crippen LogP contribution in [0.25, 0.3) is 0 Å². The monoisotopic (exact) mass is 420 g/mol. The number of nitrogens with one attached hydrogen (secondary N) is 1. The summed E-state index contributed by atoms with van der Waals surface area (Å²) in [6.45, 7) is 14.3. The maximum absolute atomic E-state index is 12.9. The van der Waals surface area contributed by atoms with Crippen LogP contribution in [0.5, 0.6) is 0 Å². The summed E-state index contributed by atoms with van der Waals surface area (Å²) in [7, 11) is 0. The Bertz CT molecular complexity index is 908. The molecule has 0 spiro atoms. The van der Waals surface area contributed by atoms with Crippen LogP contribution in [0.3, 0.4) is 0 Å². The van der Waals surface area contributed by atoms with Crippen molar-refractivity contribution < 1.29 is 9.59 Å². The fraction of sp³-hybridized carbons (Fsp3) is 0.481. The average Bonchev–Trinajstić information content (AvgIpc) is 2.73. The Kier molecular flexibility index (Phi) is 6.59. The minimum absolute atomic E-state index is 0.0389. The number of likely N-dealkylation sites (tertiary alicyclic amines) is 1. The van der Waals surface area contributed by atoms with E-state index in [4.69, 9.17) is 0 Å². The van der Waals surface area contributed by atoms with Crippen molar-refractivity contribution in [3.63, 3.8) is 0 Å². The van der Waals surface area contributed by atoms with Crippen LogP contribution in [-0.2, 0) is 10.8 Å². The van der Waals surface area contributed by atoms with Gasteiger partial charge in [-0.05, 0) is 59.1 Å². The molecule has 1 saturated heterocycles. The predicted molar refractivity (Wildman–Crippen MR) is 127 cm³/mol. The SMILES string of the molecule is CC(C)(C)c1ccc(C(=O)NC2CCN(C(=O)c3ccc(C(C)(C)C)cc3)CC2)cc1. The van der Waals surface area contributed by atoms with Crippen molar-refractivity contribution in [2.24, 2.45) is 0 Å². The first kappa shape index (κ1) is 23.1. The topological polar surface area (TPSA) is 49.4 Å². The van der Waals surface area contributed by atoms with Crippen LogP contribution in [0.4, 0.5) is 0 Å². The predicted octanol–water partition coefficient (Wildman–Crippen LogP) is 5.32. The van der Waals surface area contributed by atoms with Gasteiger partial charge in [-0.2, -0.15) is 0 Å². The molecular formula is C27H36N2O2. The Balaban J connectivity index is 1.53. The number of amides is 2. The maximum atomic E-state index is 12.9. The Labute approximate surface area is 187 Å². The van der Waals surface area contributed by atoms with E-state index in [-0.39, 0.29) is 28.7 Å². The molecule has 4 heteroatoms. The Morgan fingerprint density at radius 1 is 0.742 bits per heavy atom. The number of hydrogen-bond acceptors (Lipinski definition) is 2. The van der Waals surface area contributed by atoms with Gasteiger partial charge in [-0.1, -0.05) is 65.8 Å². The second kappa shape index (κ2) is 8.86. The summed E-state index contributed by atoms with van der Waals surface area (Å²) in [5.74, 6) is 0.0333. The molecule has 3 rings (SSSR count). The molecule has 1 N–H and O–H groups in total. The lowest BCUT2D eigenvalue weighted by Crippen LogP contribution is -2.46. The van der Waals surface area contributed by atoms with Crippen LogP contribution >= 0.6 is 0 Å². The third-order valence-corrected chi connectivity index (χ3v) is 6.13. The van der Waals surface area contributed by atoms with Crippen molar-refractivity contribution in [1.82, 2.24) is 10.2 Å². The lowest BCUT2D eigenvalue weighted by Gasteiger charge is -2.32. The van der Waals surface area contributed by atoms with Crippen molar-refractivity contribution in [2.75, 3.05) is 13.1 Å². The van der Waals surface area contributed by atoms with Gasteiger partial charge in [0.25, 0.3) is 11.8 Å². The average molecular weight is 421 g/mol. The van der Waals surface area contributed by atoms with Gasteiger partial charge in [-0.25, -0.2) is 0 Å². The van der Waals surface area contributed by atoms with E-state index in [9.17, 15) is 9.59 Å². The van der Waals surface area contributed by atoms with Crippen LogP contribution < -0.4 is 5.32 Å². The smallest absolute Gasteiger partial charge is 0.253 e. The van der Waals surface area contributed by atoms with Crippen LogP contribution in [-0.4, -0.2) is 35.8 Å². The Morgan fingerprint density at radius 3 is 1.58 bits per heavy atom. The van der Waals surface area contributed by atoms with Gasteiger partial charge in [0, 0.05) is 30.3 Å². The zero-order valence-corrected chi connectivity index (χ0v) is 19.8. The first-order valence-electron chi connectivity index (χ1n) is 11.3. The molecule has 0 aromatic heterocycles. The molecule has 0 radical (unpaired) electrons. The van der Waals surface area contributed by atoms with E-state index in [2.05, 4.69) is 46.9 Å². The molecule has 1 aliphatic rings. The number of rotatable bonds is 3. The second-order valence-electron chi connectivity index (χ2n) is 10.7. The summed E-state index contributed by atoms with van der Waals surface area (Å²) in [6, 6.07) is 15.9. The second-order valence-corrected chi connectivity index (χ2v) is 10.7. The maximum Gasteiger partial charge on any atom is 0.253 e. The van der Waals surface area contributed by atoms with Crippen molar-refractivity contribution >= 4 is 11.8 Å². The highest BCUT2D eigenvalue weighted by atomic mass is 16.2. The first-order valence-corrected chi connectivity index (χ1v) is 11.3. The molecule has 2 amide bonds. The molecule has 0 saturated carbocycles. The largest absolute Gasteiger partial charge is 0.349 e. The molecule has 0 atom stereocenters. The van der Waals surface area contributed by atoms with E-state index in [0.717, 1.165) is 18.4 Å². The highest BCUT2D eigenvalue weighted by Gasteiger charge is 2.25. The number of nitrogens with zero attached hydrogens (tertiary/aromatic N) is 1. The summed E-state index contributed by atoms with van der Waals surface area (Å²) in [5, 5.41) is 3.14. The van der Waals surface area contributed by atoms with Crippen LogP contribution in [0.1, 0.15) is 86.2 Å². The van der Waals surface area contributed by atoms with Crippen LogP contribution in [0.2, 0.25) is 0 Å². The fourth-order valence-corrected chi connectivity index (χ4v) is 3.91. The van der Waals surface area contributed by atoms with E-state index >= 15 is 0 Å². The Hall–Kier alpha value is -2.62. The van der Waals surface area contributed by atoms with Gasteiger partial charge < -0.3 is 10.2 Å². The van der Waals surface area contributed by atoms with Gasteiger partial charge >= 0.3 is 0 Å². The van der Waals surface area contributed by atoms with Gasteiger partial charge in [0.2, 0.25) is 0 Å². The van der Waals surface area contributed by atoms with Gasteiger partial charge in [-0.3, -0.25) is 9.59 Å². The molecule has 2 aromatic rings. The van der Waals surface area contributed by atoms with Crippen molar-refractivity contribution in [2.45, 2.75) is 71.3 Å². The summed E-state index contributed by atoms with van der Waals surface area (Å²) in [4.78, 5) is 27.4. The Morgan fingerprint density at radius 2 is 1.16 bits per heavy atom. The summed E-state index contributed by atoms with van der Waals surface area (Å²) in [5.41, 5.74) is 4.00. The summed E-state index contributed by atoms with van der Waals surface area (Å²) >= 11 is 0. The number of carbonyl (C=O) groups is 2. The number of piperidine rings is 1. The van der Waals surface area contributed by atoms with E-state index in [0.29, 0.717) is 18.7 Å². The standard InChI is InChI=1S/C27H36N2O2/c1-26(2,3)21-11-7-19(8-12-21)24(30)28-23-15-17-29(18-16-23)25(31)20-9-13-22(14-10-20)27(4,5)6/h7-14,23H,15-18H2,1-6H3,(H,28,30). The number of hydrogen-bond donors (Lipinski definition) is 1. The molecule has 1 fully saturated rings. The normalized spacial score (nSPS) is 15.6. The van der Waals surface area contributed by atoms with Crippen LogP contribution in [0.15, 0.2) is 48.5 Å². The van der Waals surface area contributed by atoms with E-state index in [1.807, 2.05) is 53.4 Å². The molecule has 0 bridgehead atoms. The van der Waals surface area contributed by atoms with Crippen molar-refractivity contribution in [3.05, 3.63) is 70.8 Å².